The number of pyridine rings is 1. The van der Waals surface area contributed by atoms with Gasteiger partial charge in [0, 0.05) is 6.20 Å². The summed E-state index contributed by atoms with van der Waals surface area (Å²) in [7, 11) is 1.58. The van der Waals surface area contributed by atoms with Gasteiger partial charge in [-0.3, -0.25) is 4.98 Å². The van der Waals surface area contributed by atoms with Crippen molar-refractivity contribution >= 4 is 0 Å². The Kier molecular flexibility index (Phi) is 3.90. The van der Waals surface area contributed by atoms with E-state index in [2.05, 4.69) is 4.98 Å². The molecule has 0 aliphatic carbocycles. The normalized spacial score (nSPS) is 11.2. The van der Waals surface area contributed by atoms with E-state index in [9.17, 15) is 5.11 Å². The summed E-state index contributed by atoms with van der Waals surface area (Å²) in [6, 6.07) is 22.6. The largest absolute Gasteiger partial charge is 0.495 e. The summed E-state index contributed by atoms with van der Waals surface area (Å²) in [4.78, 5) is 4.40. The van der Waals surface area contributed by atoms with Crippen LogP contribution in [0.1, 0.15) is 16.8 Å². The van der Waals surface area contributed by atoms with Crippen LogP contribution in [0.15, 0.2) is 79.0 Å². The van der Waals surface area contributed by atoms with Crippen LogP contribution < -0.4 is 4.74 Å². The van der Waals surface area contributed by atoms with Gasteiger partial charge >= 0.3 is 0 Å². The molecule has 0 amide bonds. The maximum absolute atomic E-state index is 11.6. The maximum Gasteiger partial charge on any atom is 0.161 e. The van der Waals surface area contributed by atoms with Gasteiger partial charge in [-0.1, -0.05) is 60.7 Å². The molecule has 0 spiro atoms. The quantitative estimate of drug-likeness (QED) is 0.801. The molecule has 0 aliphatic heterocycles. The highest BCUT2D eigenvalue weighted by molar-refractivity contribution is 5.49. The SMILES string of the molecule is COc1cccnc1C(O)(c1ccccc1)c1ccccc1. The Morgan fingerprint density at radius 3 is 1.86 bits per heavy atom. The lowest BCUT2D eigenvalue weighted by atomic mass is 9.83. The minimum atomic E-state index is -1.37. The second-order valence-corrected chi connectivity index (χ2v) is 5.00. The third kappa shape index (κ3) is 2.36. The van der Waals surface area contributed by atoms with Gasteiger partial charge in [-0.2, -0.15) is 0 Å². The Hall–Kier alpha value is -2.65. The monoisotopic (exact) mass is 291 g/mol. The fourth-order valence-corrected chi connectivity index (χ4v) is 2.63. The summed E-state index contributed by atoms with van der Waals surface area (Å²) in [5.41, 5.74) is 0.612. The molecule has 0 radical (unpaired) electrons. The van der Waals surface area contributed by atoms with Crippen molar-refractivity contribution in [1.82, 2.24) is 4.98 Å². The van der Waals surface area contributed by atoms with Crippen LogP contribution in [-0.2, 0) is 5.60 Å². The molecule has 3 rings (SSSR count). The van der Waals surface area contributed by atoms with Gasteiger partial charge in [0.1, 0.15) is 11.4 Å². The molecule has 0 fully saturated rings. The number of hydrogen-bond acceptors (Lipinski definition) is 3. The molecule has 110 valence electrons. The van der Waals surface area contributed by atoms with Crippen LogP contribution in [0.5, 0.6) is 5.75 Å². The van der Waals surface area contributed by atoms with Gasteiger partial charge in [0.25, 0.3) is 0 Å². The fourth-order valence-electron chi connectivity index (χ4n) is 2.63. The lowest BCUT2D eigenvalue weighted by Gasteiger charge is -2.30. The second-order valence-electron chi connectivity index (χ2n) is 5.00. The van der Waals surface area contributed by atoms with E-state index in [0.717, 1.165) is 11.1 Å². The molecule has 3 nitrogen and oxygen atoms in total. The Bertz CT molecular complexity index is 702. The first-order chi connectivity index (χ1) is 10.8. The first kappa shape index (κ1) is 14.3. The second kappa shape index (κ2) is 6.00. The first-order valence-corrected chi connectivity index (χ1v) is 7.09. The van der Waals surface area contributed by atoms with Gasteiger partial charge < -0.3 is 9.84 Å². The smallest absolute Gasteiger partial charge is 0.161 e. The van der Waals surface area contributed by atoms with E-state index in [-0.39, 0.29) is 0 Å². The van der Waals surface area contributed by atoms with Gasteiger partial charge in [-0.25, -0.2) is 0 Å². The van der Waals surface area contributed by atoms with Crippen LogP contribution in [0.2, 0.25) is 0 Å². The summed E-state index contributed by atoms with van der Waals surface area (Å²) >= 11 is 0. The number of nitrogens with zero attached hydrogens (tertiary/aromatic N) is 1. The zero-order valence-corrected chi connectivity index (χ0v) is 12.3. The van der Waals surface area contributed by atoms with E-state index in [1.54, 1.807) is 25.4 Å². The average Bonchev–Trinajstić information content (AvgIpc) is 2.62. The van der Waals surface area contributed by atoms with Gasteiger partial charge in [0.2, 0.25) is 0 Å². The third-order valence-corrected chi connectivity index (χ3v) is 3.72. The highest BCUT2D eigenvalue weighted by atomic mass is 16.5. The van der Waals surface area contributed by atoms with Gasteiger partial charge in [0.05, 0.1) is 7.11 Å². The van der Waals surface area contributed by atoms with Crippen LogP contribution >= 0.6 is 0 Å². The van der Waals surface area contributed by atoms with Crippen molar-refractivity contribution < 1.29 is 9.84 Å². The zero-order valence-electron chi connectivity index (χ0n) is 12.3. The molecular formula is C19H17NO2. The van der Waals surface area contributed by atoms with Crippen LogP contribution in [0.4, 0.5) is 0 Å². The Morgan fingerprint density at radius 1 is 0.818 bits per heavy atom. The lowest BCUT2D eigenvalue weighted by molar-refractivity contribution is 0.117. The number of hydrogen-bond donors (Lipinski definition) is 1. The Balaban J connectivity index is 2.29. The minimum absolute atomic E-state index is 0.481. The van der Waals surface area contributed by atoms with E-state index in [4.69, 9.17) is 4.74 Å². The molecule has 1 aromatic heterocycles. The molecule has 0 saturated carbocycles. The lowest BCUT2D eigenvalue weighted by Crippen LogP contribution is -2.30. The standard InChI is InChI=1S/C19H17NO2/c1-22-17-13-8-14-20-18(17)19(21,15-9-4-2-5-10-15)16-11-6-3-7-12-16/h2-14,21H,1H3. The summed E-state index contributed by atoms with van der Waals surface area (Å²) in [5, 5.41) is 11.6. The van der Waals surface area contributed by atoms with Crippen molar-refractivity contribution in [2.75, 3.05) is 7.11 Å². The fraction of sp³-hybridized carbons (Fsp3) is 0.105. The van der Waals surface area contributed by atoms with E-state index in [0.29, 0.717) is 11.4 Å². The summed E-state index contributed by atoms with van der Waals surface area (Å²) in [5.74, 6) is 0.553. The predicted molar refractivity (Wildman–Crippen MR) is 85.8 cm³/mol. The number of benzene rings is 2. The average molecular weight is 291 g/mol. The predicted octanol–water partition coefficient (Wildman–Crippen LogP) is 3.37. The van der Waals surface area contributed by atoms with Gasteiger partial charge in [-0.05, 0) is 23.3 Å². The maximum atomic E-state index is 11.6. The van der Waals surface area contributed by atoms with Crippen molar-refractivity contribution in [3.8, 4) is 5.75 Å². The summed E-state index contributed by atoms with van der Waals surface area (Å²) in [6.07, 6.45) is 1.66. The summed E-state index contributed by atoms with van der Waals surface area (Å²) < 4.78 is 5.41. The van der Waals surface area contributed by atoms with Gasteiger partial charge in [0.15, 0.2) is 5.60 Å². The van der Waals surface area contributed by atoms with E-state index >= 15 is 0 Å². The molecule has 0 bridgehead atoms. The van der Waals surface area contributed by atoms with Crippen LogP contribution in [0.25, 0.3) is 0 Å². The number of methoxy groups -OCH3 is 1. The van der Waals surface area contributed by atoms with Crippen molar-refractivity contribution in [3.05, 3.63) is 95.8 Å². The van der Waals surface area contributed by atoms with E-state index < -0.39 is 5.60 Å². The van der Waals surface area contributed by atoms with Crippen LogP contribution in [0.3, 0.4) is 0 Å². The number of aromatic nitrogens is 1. The van der Waals surface area contributed by atoms with Crippen molar-refractivity contribution in [2.45, 2.75) is 5.60 Å². The molecule has 3 heteroatoms. The minimum Gasteiger partial charge on any atom is -0.495 e. The third-order valence-electron chi connectivity index (χ3n) is 3.72. The molecule has 0 unspecified atom stereocenters. The molecule has 3 aromatic rings. The molecule has 0 aliphatic rings. The number of ether oxygens (including phenoxy) is 1. The molecule has 1 heterocycles. The molecule has 22 heavy (non-hydrogen) atoms. The van der Waals surface area contributed by atoms with E-state index in [1.165, 1.54) is 0 Å². The Morgan fingerprint density at radius 2 is 1.36 bits per heavy atom. The number of aliphatic hydroxyl groups is 1. The van der Waals surface area contributed by atoms with Crippen LogP contribution in [-0.4, -0.2) is 17.2 Å². The zero-order chi connectivity index (χ0) is 15.4. The number of rotatable bonds is 4. The van der Waals surface area contributed by atoms with Crippen molar-refractivity contribution in [1.29, 1.82) is 0 Å². The molecule has 2 aromatic carbocycles. The van der Waals surface area contributed by atoms with Crippen LogP contribution in [0, 0.1) is 0 Å². The molecule has 1 N–H and O–H groups in total. The van der Waals surface area contributed by atoms with Gasteiger partial charge in [-0.15, -0.1) is 0 Å². The first-order valence-electron chi connectivity index (χ1n) is 7.09. The summed E-state index contributed by atoms with van der Waals surface area (Å²) in [6.45, 7) is 0. The highest BCUT2D eigenvalue weighted by Crippen LogP contribution is 2.39. The topological polar surface area (TPSA) is 42.4 Å². The molecule has 0 atom stereocenters. The van der Waals surface area contributed by atoms with Crippen molar-refractivity contribution in [3.63, 3.8) is 0 Å². The molecule has 0 saturated heterocycles. The van der Waals surface area contributed by atoms with Crippen molar-refractivity contribution in [2.24, 2.45) is 0 Å². The van der Waals surface area contributed by atoms with E-state index in [1.807, 2.05) is 60.7 Å². The highest BCUT2D eigenvalue weighted by Gasteiger charge is 2.37. The molecular weight excluding hydrogens is 274 g/mol. The Labute approximate surface area is 129 Å².